The van der Waals surface area contributed by atoms with Crippen LogP contribution in [-0.4, -0.2) is 46.2 Å². The molecule has 3 rings (SSSR count). The van der Waals surface area contributed by atoms with Crippen molar-refractivity contribution in [3.05, 3.63) is 42.1 Å². The summed E-state index contributed by atoms with van der Waals surface area (Å²) in [4.78, 5) is 11.5. The van der Waals surface area contributed by atoms with Gasteiger partial charge in [-0.3, -0.25) is 4.90 Å². The second kappa shape index (κ2) is 7.57. The maximum Gasteiger partial charge on any atom is 0.126 e. The predicted molar refractivity (Wildman–Crippen MR) is 90.3 cm³/mol. The van der Waals surface area contributed by atoms with Gasteiger partial charge in [-0.15, -0.1) is 0 Å². The number of nitrogens with one attached hydrogen (secondary N) is 1. The zero-order valence-electron chi connectivity index (χ0n) is 13.9. The van der Waals surface area contributed by atoms with Gasteiger partial charge < -0.3 is 14.6 Å². The molecule has 1 atom stereocenters. The zero-order valence-corrected chi connectivity index (χ0v) is 13.9. The molecule has 1 N–H and O–H groups in total. The fraction of sp³-hybridized carbons (Fsp3) is 0.529. The number of hydrogen-bond donors (Lipinski definition) is 1. The Hall–Kier alpha value is -1.92. The van der Waals surface area contributed by atoms with Gasteiger partial charge in [0.2, 0.25) is 0 Å². The first-order valence-corrected chi connectivity index (χ1v) is 8.29. The standard InChI is InChI=1S/C17H25N5O/c1-3-8-22-9-7-19-17(22)13-21-10-11-23-15(12-21)14-5-4-6-16(18-2)20-14/h4-7,9,15H,3,8,10-13H2,1-2H3,(H,18,20). The molecule has 6 nitrogen and oxygen atoms in total. The van der Waals surface area contributed by atoms with Gasteiger partial charge >= 0.3 is 0 Å². The topological polar surface area (TPSA) is 55.2 Å². The van der Waals surface area contributed by atoms with Crippen molar-refractivity contribution in [2.45, 2.75) is 32.5 Å². The van der Waals surface area contributed by atoms with Crippen molar-refractivity contribution in [3.8, 4) is 0 Å². The van der Waals surface area contributed by atoms with Crippen LogP contribution in [0.15, 0.2) is 30.6 Å². The van der Waals surface area contributed by atoms with Crippen LogP contribution in [0.5, 0.6) is 0 Å². The molecule has 1 saturated heterocycles. The van der Waals surface area contributed by atoms with E-state index in [-0.39, 0.29) is 6.10 Å². The summed E-state index contributed by atoms with van der Waals surface area (Å²) in [6, 6.07) is 6.02. The molecule has 1 aliphatic rings. The van der Waals surface area contributed by atoms with Crippen LogP contribution in [0, 0.1) is 0 Å². The summed E-state index contributed by atoms with van der Waals surface area (Å²) in [5, 5.41) is 3.08. The molecule has 3 heterocycles. The Labute approximate surface area is 137 Å². The van der Waals surface area contributed by atoms with E-state index < -0.39 is 0 Å². The van der Waals surface area contributed by atoms with Crippen LogP contribution in [0.25, 0.3) is 0 Å². The largest absolute Gasteiger partial charge is 0.373 e. The van der Waals surface area contributed by atoms with Crippen molar-refractivity contribution in [1.82, 2.24) is 19.4 Å². The molecule has 124 valence electrons. The average molecular weight is 315 g/mol. The minimum Gasteiger partial charge on any atom is -0.373 e. The monoisotopic (exact) mass is 315 g/mol. The van der Waals surface area contributed by atoms with Crippen LogP contribution in [0.3, 0.4) is 0 Å². The molecule has 1 aliphatic heterocycles. The molecule has 23 heavy (non-hydrogen) atoms. The third-order valence-electron chi connectivity index (χ3n) is 4.14. The van der Waals surface area contributed by atoms with E-state index >= 15 is 0 Å². The number of aromatic nitrogens is 3. The number of imidazole rings is 1. The normalized spacial score (nSPS) is 19.0. The lowest BCUT2D eigenvalue weighted by molar-refractivity contribution is -0.0359. The molecule has 2 aromatic rings. The Morgan fingerprint density at radius 1 is 1.39 bits per heavy atom. The first kappa shape index (κ1) is 16.0. The third-order valence-corrected chi connectivity index (χ3v) is 4.14. The van der Waals surface area contributed by atoms with Crippen LogP contribution >= 0.6 is 0 Å². The number of rotatable bonds is 6. The molecule has 0 spiro atoms. The highest BCUT2D eigenvalue weighted by Gasteiger charge is 2.24. The van der Waals surface area contributed by atoms with Crippen molar-refractivity contribution >= 4 is 5.82 Å². The van der Waals surface area contributed by atoms with E-state index in [9.17, 15) is 0 Å². The molecule has 0 saturated carbocycles. The minimum absolute atomic E-state index is 0.0200. The molecule has 6 heteroatoms. The molecule has 0 aromatic carbocycles. The number of pyridine rings is 1. The van der Waals surface area contributed by atoms with E-state index in [1.54, 1.807) is 0 Å². The highest BCUT2D eigenvalue weighted by Crippen LogP contribution is 2.22. The van der Waals surface area contributed by atoms with Gasteiger partial charge in [-0.05, 0) is 18.6 Å². The van der Waals surface area contributed by atoms with Crippen molar-refractivity contribution in [2.24, 2.45) is 0 Å². The molecule has 0 radical (unpaired) electrons. The zero-order chi connectivity index (χ0) is 16.1. The van der Waals surface area contributed by atoms with E-state index in [2.05, 4.69) is 37.9 Å². The fourth-order valence-corrected chi connectivity index (χ4v) is 2.93. The molecule has 0 bridgehead atoms. The summed E-state index contributed by atoms with van der Waals surface area (Å²) in [7, 11) is 1.88. The molecule has 2 aromatic heterocycles. The Balaban J connectivity index is 1.67. The lowest BCUT2D eigenvalue weighted by Gasteiger charge is -2.32. The van der Waals surface area contributed by atoms with Crippen LogP contribution in [-0.2, 0) is 17.8 Å². The highest BCUT2D eigenvalue weighted by atomic mass is 16.5. The predicted octanol–water partition coefficient (Wildman–Crippen LogP) is 2.30. The van der Waals surface area contributed by atoms with Gasteiger partial charge in [0.1, 0.15) is 17.7 Å². The molecule has 1 fully saturated rings. The summed E-state index contributed by atoms with van der Waals surface area (Å²) in [5.41, 5.74) is 0.985. The summed E-state index contributed by atoms with van der Waals surface area (Å²) in [6.45, 7) is 6.58. The second-order valence-electron chi connectivity index (χ2n) is 5.83. The minimum atomic E-state index is 0.0200. The second-order valence-corrected chi connectivity index (χ2v) is 5.83. The fourth-order valence-electron chi connectivity index (χ4n) is 2.93. The maximum atomic E-state index is 5.93. The van der Waals surface area contributed by atoms with Crippen LogP contribution in [0.1, 0.15) is 31.0 Å². The lowest BCUT2D eigenvalue weighted by atomic mass is 10.2. The number of ether oxygens (including phenoxy) is 1. The van der Waals surface area contributed by atoms with Gasteiger partial charge in [0.25, 0.3) is 0 Å². The maximum absolute atomic E-state index is 5.93. The Kier molecular flexibility index (Phi) is 5.25. The van der Waals surface area contributed by atoms with Gasteiger partial charge in [-0.2, -0.15) is 0 Å². The van der Waals surface area contributed by atoms with Gasteiger partial charge in [0, 0.05) is 39.1 Å². The van der Waals surface area contributed by atoms with Gasteiger partial charge in [0.05, 0.1) is 18.8 Å². The van der Waals surface area contributed by atoms with Crippen LogP contribution < -0.4 is 5.32 Å². The van der Waals surface area contributed by atoms with E-state index in [0.717, 1.165) is 56.5 Å². The van der Waals surface area contributed by atoms with Crippen LogP contribution in [0.2, 0.25) is 0 Å². The van der Waals surface area contributed by atoms with Gasteiger partial charge in [-0.25, -0.2) is 9.97 Å². The first-order chi connectivity index (χ1) is 11.3. The molecule has 0 amide bonds. The van der Waals surface area contributed by atoms with Crippen LogP contribution in [0.4, 0.5) is 5.82 Å². The van der Waals surface area contributed by atoms with Crippen molar-refractivity contribution < 1.29 is 4.74 Å². The highest BCUT2D eigenvalue weighted by molar-refractivity contribution is 5.34. The number of morpholine rings is 1. The molecular weight excluding hydrogens is 290 g/mol. The molecular formula is C17H25N5O. The van der Waals surface area contributed by atoms with Crippen molar-refractivity contribution in [3.63, 3.8) is 0 Å². The van der Waals surface area contributed by atoms with E-state index in [1.165, 1.54) is 0 Å². The first-order valence-electron chi connectivity index (χ1n) is 8.29. The summed E-state index contributed by atoms with van der Waals surface area (Å²) in [5.74, 6) is 2.01. The molecule has 1 unspecified atom stereocenters. The lowest BCUT2D eigenvalue weighted by Crippen LogP contribution is -2.38. The number of nitrogens with zero attached hydrogens (tertiary/aromatic N) is 4. The SMILES string of the molecule is CCCn1ccnc1CN1CCOC(c2cccc(NC)n2)C1. The Morgan fingerprint density at radius 3 is 3.13 bits per heavy atom. The number of anilines is 1. The van der Waals surface area contributed by atoms with Crippen molar-refractivity contribution in [2.75, 3.05) is 32.1 Å². The molecule has 0 aliphatic carbocycles. The van der Waals surface area contributed by atoms with E-state index in [0.29, 0.717) is 0 Å². The Bertz CT molecular complexity index is 627. The number of aryl methyl sites for hydroxylation is 1. The Morgan fingerprint density at radius 2 is 2.30 bits per heavy atom. The van der Waals surface area contributed by atoms with E-state index in [4.69, 9.17) is 4.74 Å². The van der Waals surface area contributed by atoms with Gasteiger partial charge in [0.15, 0.2) is 0 Å². The van der Waals surface area contributed by atoms with Crippen molar-refractivity contribution in [1.29, 1.82) is 0 Å². The smallest absolute Gasteiger partial charge is 0.126 e. The summed E-state index contributed by atoms with van der Waals surface area (Å²) < 4.78 is 8.17. The number of hydrogen-bond acceptors (Lipinski definition) is 5. The van der Waals surface area contributed by atoms with Gasteiger partial charge in [-0.1, -0.05) is 13.0 Å². The average Bonchev–Trinajstić information content (AvgIpc) is 3.02. The van der Waals surface area contributed by atoms with E-state index in [1.807, 2.05) is 31.4 Å². The summed E-state index contributed by atoms with van der Waals surface area (Å²) in [6.07, 6.45) is 5.09. The summed E-state index contributed by atoms with van der Waals surface area (Å²) >= 11 is 0. The third kappa shape index (κ3) is 3.89. The quantitative estimate of drug-likeness (QED) is 0.886.